The standard InChI is InChI=1S/C52H44BClN2O2/c1-6-8-25-52(4,5)38-30-44-40(28-32(38)7-2)53-39-24-23-33(54)29-43(39)55(41-19-13-17-36-34-15-9-11-21-47(34)57-50(36)41)45-26-31(3)27-46(49(45)53)56(44)42-20-14-18-37-35-16-10-12-22-48(35)58-51(37)42/h9-24,26-30H,6-8,25H2,1-5H3. The number of unbranched alkanes of at least 4 members (excludes halogenated alkanes) is 1. The average molecular weight is 775 g/mol. The van der Waals surface area contributed by atoms with Gasteiger partial charge in [0.2, 0.25) is 0 Å². The normalized spacial score (nSPS) is 13.5. The molecule has 0 saturated carbocycles. The van der Waals surface area contributed by atoms with Gasteiger partial charge >= 0.3 is 0 Å². The molecule has 11 rings (SSSR count). The Hall–Kier alpha value is -5.91. The Labute approximate surface area is 344 Å². The Balaban J connectivity index is 1.26. The number of aryl methyl sites for hydroxylation is 2. The van der Waals surface area contributed by atoms with Gasteiger partial charge in [-0.3, -0.25) is 0 Å². The van der Waals surface area contributed by atoms with E-state index < -0.39 is 0 Å². The number of rotatable bonds is 7. The Kier molecular flexibility index (Phi) is 7.94. The van der Waals surface area contributed by atoms with Crippen LogP contribution in [0.2, 0.25) is 5.02 Å². The highest BCUT2D eigenvalue weighted by atomic mass is 35.5. The lowest BCUT2D eigenvalue weighted by Crippen LogP contribution is -2.61. The van der Waals surface area contributed by atoms with Gasteiger partial charge in [0, 0.05) is 49.3 Å². The second-order valence-electron chi connectivity index (χ2n) is 16.9. The second kappa shape index (κ2) is 13.1. The van der Waals surface area contributed by atoms with E-state index in [9.17, 15) is 0 Å². The Morgan fingerprint density at radius 2 is 1.16 bits per heavy atom. The molecule has 9 aromatic rings. The van der Waals surface area contributed by atoms with Gasteiger partial charge in [0.1, 0.15) is 11.2 Å². The molecule has 0 unspecified atom stereocenters. The van der Waals surface area contributed by atoms with Crippen molar-refractivity contribution < 1.29 is 8.83 Å². The van der Waals surface area contributed by atoms with Crippen LogP contribution < -0.4 is 26.2 Å². The van der Waals surface area contributed by atoms with E-state index in [0.717, 1.165) is 85.2 Å². The van der Waals surface area contributed by atoms with E-state index in [-0.39, 0.29) is 12.1 Å². The summed E-state index contributed by atoms with van der Waals surface area (Å²) in [7, 11) is 0. The number of para-hydroxylation sites is 4. The van der Waals surface area contributed by atoms with Crippen LogP contribution in [0.3, 0.4) is 0 Å². The molecular formula is C52H44BClN2O2. The molecule has 0 radical (unpaired) electrons. The Morgan fingerprint density at radius 1 is 0.586 bits per heavy atom. The third-order valence-corrected chi connectivity index (χ3v) is 13.1. The first kappa shape index (κ1) is 35.3. The molecule has 58 heavy (non-hydrogen) atoms. The highest BCUT2D eigenvalue weighted by Gasteiger charge is 2.45. The predicted molar refractivity (Wildman–Crippen MR) is 247 cm³/mol. The first-order chi connectivity index (χ1) is 28.3. The zero-order valence-corrected chi connectivity index (χ0v) is 34.4. The molecule has 284 valence electrons. The third-order valence-electron chi connectivity index (χ3n) is 12.9. The lowest BCUT2D eigenvalue weighted by molar-refractivity contribution is 0.454. The molecule has 0 N–H and O–H groups in total. The third kappa shape index (κ3) is 5.08. The van der Waals surface area contributed by atoms with Crippen LogP contribution in [0, 0.1) is 6.92 Å². The molecule has 0 bridgehead atoms. The number of furan rings is 2. The summed E-state index contributed by atoms with van der Waals surface area (Å²) < 4.78 is 13.6. The summed E-state index contributed by atoms with van der Waals surface area (Å²) in [6.07, 6.45) is 4.43. The zero-order valence-electron chi connectivity index (χ0n) is 33.6. The van der Waals surface area contributed by atoms with Gasteiger partial charge in [-0.25, -0.2) is 0 Å². The van der Waals surface area contributed by atoms with E-state index in [1.807, 2.05) is 6.07 Å². The number of halogens is 1. The topological polar surface area (TPSA) is 32.8 Å². The van der Waals surface area contributed by atoms with Gasteiger partial charge in [0.25, 0.3) is 6.71 Å². The van der Waals surface area contributed by atoms with Crippen molar-refractivity contribution in [2.75, 3.05) is 9.80 Å². The van der Waals surface area contributed by atoms with E-state index in [2.05, 4.69) is 166 Å². The summed E-state index contributed by atoms with van der Waals surface area (Å²) >= 11 is 6.99. The summed E-state index contributed by atoms with van der Waals surface area (Å²) in [5.74, 6) is 0. The van der Waals surface area contributed by atoms with Gasteiger partial charge in [-0.1, -0.05) is 125 Å². The average Bonchev–Trinajstić information content (AvgIpc) is 3.81. The summed E-state index contributed by atoms with van der Waals surface area (Å²) in [6, 6.07) is 46.1. The van der Waals surface area contributed by atoms with Gasteiger partial charge in [0.15, 0.2) is 11.2 Å². The highest BCUT2D eigenvalue weighted by molar-refractivity contribution is 7.00. The summed E-state index contributed by atoms with van der Waals surface area (Å²) in [5, 5.41) is 5.14. The molecule has 0 fully saturated rings. The summed E-state index contributed by atoms with van der Waals surface area (Å²) in [4.78, 5) is 4.92. The number of fused-ring (bicyclic) bond motifs is 10. The largest absolute Gasteiger partial charge is 0.454 e. The maximum atomic E-state index is 6.99. The van der Waals surface area contributed by atoms with Crippen molar-refractivity contribution in [1.82, 2.24) is 0 Å². The molecule has 0 atom stereocenters. The van der Waals surface area contributed by atoms with Crippen molar-refractivity contribution in [2.45, 2.75) is 65.7 Å². The van der Waals surface area contributed by atoms with Gasteiger partial charge < -0.3 is 18.6 Å². The quantitative estimate of drug-likeness (QED) is 0.151. The molecule has 2 aliphatic rings. The van der Waals surface area contributed by atoms with Crippen LogP contribution in [0.5, 0.6) is 0 Å². The molecule has 6 heteroatoms. The fourth-order valence-electron chi connectivity index (χ4n) is 10.2. The van der Waals surface area contributed by atoms with Crippen LogP contribution in [0.1, 0.15) is 63.6 Å². The van der Waals surface area contributed by atoms with Crippen molar-refractivity contribution in [3.8, 4) is 0 Å². The van der Waals surface area contributed by atoms with E-state index in [1.54, 1.807) is 0 Å². The fourth-order valence-corrected chi connectivity index (χ4v) is 10.4. The van der Waals surface area contributed by atoms with Crippen molar-refractivity contribution in [1.29, 1.82) is 0 Å². The van der Waals surface area contributed by atoms with E-state index in [4.69, 9.17) is 20.4 Å². The number of hydrogen-bond acceptors (Lipinski definition) is 4. The van der Waals surface area contributed by atoms with E-state index >= 15 is 0 Å². The molecule has 4 nitrogen and oxygen atoms in total. The fraction of sp³-hybridized carbons (Fsp3) is 0.192. The molecule has 7 aromatic carbocycles. The van der Waals surface area contributed by atoms with Crippen LogP contribution in [0.25, 0.3) is 43.9 Å². The van der Waals surface area contributed by atoms with Crippen molar-refractivity contribution in [2.24, 2.45) is 0 Å². The molecule has 2 aliphatic heterocycles. The van der Waals surface area contributed by atoms with Crippen LogP contribution in [-0.4, -0.2) is 6.71 Å². The van der Waals surface area contributed by atoms with Crippen molar-refractivity contribution >= 4 is 113 Å². The molecule has 4 heterocycles. The maximum absolute atomic E-state index is 6.99. The number of benzene rings is 7. The number of anilines is 6. The van der Waals surface area contributed by atoms with Crippen LogP contribution in [0.4, 0.5) is 34.1 Å². The highest BCUT2D eigenvalue weighted by Crippen LogP contribution is 2.50. The minimum atomic E-state index is -0.0387. The molecular weight excluding hydrogens is 731 g/mol. The monoisotopic (exact) mass is 774 g/mol. The lowest BCUT2D eigenvalue weighted by atomic mass is 9.33. The lowest BCUT2D eigenvalue weighted by Gasteiger charge is -2.45. The zero-order chi connectivity index (χ0) is 39.4. The molecule has 0 saturated heterocycles. The van der Waals surface area contributed by atoms with Gasteiger partial charge in [0.05, 0.1) is 11.4 Å². The van der Waals surface area contributed by atoms with Crippen LogP contribution >= 0.6 is 11.6 Å². The first-order valence-electron chi connectivity index (χ1n) is 20.8. The minimum Gasteiger partial charge on any atom is -0.454 e. The summed E-state index contributed by atoms with van der Waals surface area (Å²) in [6.45, 7) is 11.6. The smallest absolute Gasteiger partial charge is 0.252 e. The SMILES string of the molecule is CCCCC(C)(C)c1cc2c(cc1CC)B1c3ccc(Cl)cc3N(c3cccc4c3oc3ccccc34)c3cc(C)cc(c31)N2c1cccc2c1oc1ccccc12. The number of hydrogen-bond donors (Lipinski definition) is 0. The van der Waals surface area contributed by atoms with E-state index in [0.29, 0.717) is 5.02 Å². The Morgan fingerprint density at radius 3 is 1.74 bits per heavy atom. The van der Waals surface area contributed by atoms with E-state index in [1.165, 1.54) is 51.6 Å². The van der Waals surface area contributed by atoms with Crippen LogP contribution in [0.15, 0.2) is 136 Å². The van der Waals surface area contributed by atoms with Crippen molar-refractivity contribution in [3.63, 3.8) is 0 Å². The summed E-state index contributed by atoms with van der Waals surface area (Å²) in [5.41, 5.74) is 17.9. The van der Waals surface area contributed by atoms with Crippen molar-refractivity contribution in [3.05, 3.63) is 149 Å². The van der Waals surface area contributed by atoms with Gasteiger partial charge in [-0.15, -0.1) is 0 Å². The number of nitrogens with zero attached hydrogens (tertiary/aromatic N) is 2. The molecule has 0 spiro atoms. The van der Waals surface area contributed by atoms with Gasteiger partial charge in [-0.2, -0.15) is 0 Å². The maximum Gasteiger partial charge on any atom is 0.252 e. The second-order valence-corrected chi connectivity index (χ2v) is 17.4. The molecule has 0 amide bonds. The minimum absolute atomic E-state index is 0.00840. The molecule has 0 aliphatic carbocycles. The van der Waals surface area contributed by atoms with Gasteiger partial charge in [-0.05, 0) is 113 Å². The predicted octanol–water partition coefficient (Wildman–Crippen LogP) is 13.6. The Bertz CT molecular complexity index is 3140. The first-order valence-corrected chi connectivity index (χ1v) is 21.2. The van der Waals surface area contributed by atoms with Crippen LogP contribution in [-0.2, 0) is 11.8 Å². The molecule has 2 aromatic heterocycles.